The van der Waals surface area contributed by atoms with Crippen LogP contribution in [0.3, 0.4) is 0 Å². The van der Waals surface area contributed by atoms with Crippen molar-refractivity contribution in [3.8, 4) is 0 Å². The fraction of sp³-hybridized carbons (Fsp3) is 0.829. The maximum Gasteiger partial charge on any atom is 0.326 e. The lowest BCUT2D eigenvalue weighted by atomic mass is 10.0. The van der Waals surface area contributed by atoms with E-state index in [0.717, 1.165) is 44.9 Å². The topological polar surface area (TPSA) is 266 Å². The van der Waals surface area contributed by atoms with Gasteiger partial charge < -0.3 is 47.5 Å². The Bertz CT molecular complexity index is 1160. The van der Waals surface area contributed by atoms with Crippen molar-refractivity contribution in [2.45, 2.75) is 198 Å². The summed E-state index contributed by atoms with van der Waals surface area (Å²) in [4.78, 5) is 82.0. The number of hydrogen-bond donors (Lipinski definition) is 9. The van der Waals surface area contributed by atoms with Gasteiger partial charge >= 0.3 is 17.9 Å². The third-order valence-corrected chi connectivity index (χ3v) is 10.1. The molecule has 0 saturated heterocycles. The molecule has 58 heavy (non-hydrogen) atoms. The Morgan fingerprint density at radius 1 is 0.431 bits per heavy atom. The van der Waals surface area contributed by atoms with E-state index in [4.69, 9.17) is 23.9 Å². The lowest BCUT2D eigenvalue weighted by Crippen LogP contribution is -2.41. The van der Waals surface area contributed by atoms with Gasteiger partial charge in [-0.15, -0.1) is 0 Å². The van der Waals surface area contributed by atoms with Crippen molar-refractivity contribution in [3.63, 3.8) is 0 Å². The molecule has 0 fully saturated rings. The second kappa shape index (κ2) is 37.5. The van der Waals surface area contributed by atoms with Crippen LogP contribution in [-0.4, -0.2) is 103 Å². The number of carbonyl (C=O) groups is 7. The third-order valence-electron chi connectivity index (χ3n) is 10.1. The Morgan fingerprint density at radius 3 is 1.31 bits per heavy atom. The van der Waals surface area contributed by atoms with Crippen molar-refractivity contribution in [2.24, 2.45) is 5.73 Å². The summed E-state index contributed by atoms with van der Waals surface area (Å²) in [5.41, 5.74) is 6.00. The van der Waals surface area contributed by atoms with Crippen LogP contribution < -0.4 is 32.2 Å². The highest BCUT2D eigenvalue weighted by Crippen LogP contribution is 2.14. The Hall–Kier alpha value is -3.73. The van der Waals surface area contributed by atoms with Crippen LogP contribution in [0.5, 0.6) is 0 Å². The predicted molar refractivity (Wildman–Crippen MR) is 224 cm³/mol. The van der Waals surface area contributed by atoms with Crippen molar-refractivity contribution in [1.29, 1.82) is 0 Å². The van der Waals surface area contributed by atoms with Crippen LogP contribution in [0.1, 0.15) is 180 Å². The zero-order valence-electron chi connectivity index (χ0n) is 35.0. The van der Waals surface area contributed by atoms with E-state index in [1.54, 1.807) is 0 Å². The molecule has 0 rings (SSSR count). The summed E-state index contributed by atoms with van der Waals surface area (Å²) in [5, 5.41) is 40.3. The molecular formula is C41H75BN6O10. The first-order valence-electron chi connectivity index (χ1n) is 21.9. The Morgan fingerprint density at radius 2 is 0.828 bits per heavy atom. The Kier molecular flexibility index (Phi) is 35.1. The maximum absolute atomic E-state index is 12.3. The molecule has 0 saturated carbocycles. The molecule has 0 heterocycles. The number of rotatable bonds is 41. The number of carboxylic acid groups (broad SMARTS) is 3. The molecule has 0 aliphatic heterocycles. The van der Waals surface area contributed by atoms with Crippen LogP contribution in [0, 0.1) is 0 Å². The quantitative estimate of drug-likeness (QED) is 0.0308. The molecule has 4 amide bonds. The smallest absolute Gasteiger partial charge is 0.326 e. The lowest BCUT2D eigenvalue weighted by Gasteiger charge is -2.15. The van der Waals surface area contributed by atoms with E-state index in [1.165, 1.54) is 44.9 Å². The van der Waals surface area contributed by atoms with Crippen LogP contribution >= 0.6 is 0 Å². The maximum atomic E-state index is 12.3. The first-order chi connectivity index (χ1) is 27.9. The van der Waals surface area contributed by atoms with Gasteiger partial charge in [-0.05, 0) is 70.6 Å². The van der Waals surface area contributed by atoms with E-state index in [0.29, 0.717) is 83.8 Å². The van der Waals surface area contributed by atoms with E-state index in [-0.39, 0.29) is 49.3 Å². The van der Waals surface area contributed by atoms with Gasteiger partial charge in [0.1, 0.15) is 6.04 Å². The SMILES string of the molecule is [B]NC(CCCCNC(=O)CCCCCNC(=O)C(N)CCCCNC(=O)CC[C@H](NC(=O)CCCCCCCCCCCCCCCCC(=O)O)C(=O)O)C(=O)O. The molecule has 0 aromatic heterocycles. The van der Waals surface area contributed by atoms with Crippen LogP contribution in [0.2, 0.25) is 0 Å². The highest BCUT2D eigenvalue weighted by molar-refractivity contribution is 6.06. The van der Waals surface area contributed by atoms with Gasteiger partial charge in [0.25, 0.3) is 0 Å². The summed E-state index contributed by atoms with van der Waals surface area (Å²) in [6.07, 6.45) is 21.4. The lowest BCUT2D eigenvalue weighted by molar-refractivity contribution is -0.142. The number of unbranched alkanes of at least 4 members (excludes halogenated alkanes) is 17. The summed E-state index contributed by atoms with van der Waals surface area (Å²) in [6.45, 7) is 1.28. The molecule has 10 N–H and O–H groups in total. The average Bonchev–Trinajstić information content (AvgIpc) is 3.18. The average molecular weight is 823 g/mol. The van der Waals surface area contributed by atoms with E-state index in [9.17, 15) is 38.7 Å². The second-order valence-corrected chi connectivity index (χ2v) is 15.3. The molecule has 0 aromatic carbocycles. The molecule has 2 unspecified atom stereocenters. The van der Waals surface area contributed by atoms with Gasteiger partial charge in [-0.2, -0.15) is 0 Å². The summed E-state index contributed by atoms with van der Waals surface area (Å²) in [7, 11) is 5.19. The minimum atomic E-state index is -1.17. The van der Waals surface area contributed by atoms with Crippen molar-refractivity contribution >= 4 is 49.5 Å². The number of carboxylic acids is 3. The molecule has 2 radical (unpaired) electrons. The van der Waals surface area contributed by atoms with Crippen molar-refractivity contribution in [2.75, 3.05) is 19.6 Å². The van der Waals surface area contributed by atoms with Crippen LogP contribution in [-0.2, 0) is 33.6 Å². The standard InChI is InChI=1S/C41H75BN6O10/c42-48-34(41(57)58)23-18-21-30-44-35(49)24-15-13-19-31-46-39(54)32(43)22-17-20-29-45-36(50)28-27-33(40(55)56)47-37(51)25-14-11-9-7-5-3-1-2-4-6-8-10-12-16-26-38(52)53/h32-34,48H,1-31,43H2,(H,44,49)(H,45,50)(H,46,54)(H,47,51)(H,52,53)(H,55,56)(H,57,58)/t32?,33-,34?/m0/s1. The number of aliphatic carboxylic acids is 3. The van der Waals surface area contributed by atoms with Crippen LogP contribution in [0.25, 0.3) is 0 Å². The van der Waals surface area contributed by atoms with Crippen molar-refractivity contribution in [3.05, 3.63) is 0 Å². The summed E-state index contributed by atoms with van der Waals surface area (Å²) < 4.78 is 0. The first-order valence-corrected chi connectivity index (χ1v) is 21.9. The van der Waals surface area contributed by atoms with E-state index in [2.05, 4.69) is 26.5 Å². The van der Waals surface area contributed by atoms with E-state index < -0.39 is 36.0 Å². The number of carbonyl (C=O) groups excluding carboxylic acids is 4. The van der Waals surface area contributed by atoms with Gasteiger partial charge in [-0.25, -0.2) is 4.79 Å². The third kappa shape index (κ3) is 34.3. The van der Waals surface area contributed by atoms with Crippen molar-refractivity contribution < 1.29 is 48.9 Å². The van der Waals surface area contributed by atoms with Gasteiger partial charge in [0.15, 0.2) is 7.98 Å². The molecule has 0 bridgehead atoms. The normalized spacial score (nSPS) is 12.6. The highest BCUT2D eigenvalue weighted by atomic mass is 16.4. The first kappa shape index (κ1) is 54.3. The van der Waals surface area contributed by atoms with Crippen molar-refractivity contribution in [1.82, 2.24) is 26.5 Å². The second-order valence-electron chi connectivity index (χ2n) is 15.3. The van der Waals surface area contributed by atoms with E-state index >= 15 is 0 Å². The Labute approximate surface area is 347 Å². The minimum absolute atomic E-state index is 0.00986. The molecule has 0 aliphatic carbocycles. The largest absolute Gasteiger partial charge is 0.481 e. The molecule has 0 spiro atoms. The fourth-order valence-electron chi connectivity index (χ4n) is 6.42. The van der Waals surface area contributed by atoms with Gasteiger partial charge in [0.2, 0.25) is 23.6 Å². The molecule has 17 heteroatoms. The molecule has 0 aromatic rings. The van der Waals surface area contributed by atoms with Crippen LogP contribution in [0.4, 0.5) is 0 Å². The zero-order chi connectivity index (χ0) is 43.2. The van der Waals surface area contributed by atoms with E-state index in [1.807, 2.05) is 0 Å². The predicted octanol–water partition coefficient (Wildman–Crippen LogP) is 4.37. The summed E-state index contributed by atoms with van der Waals surface area (Å²) in [6, 6.07) is -2.61. The number of amides is 4. The fourth-order valence-corrected chi connectivity index (χ4v) is 6.42. The summed E-state index contributed by atoms with van der Waals surface area (Å²) >= 11 is 0. The van der Waals surface area contributed by atoms with Gasteiger partial charge in [-0.3, -0.25) is 28.8 Å². The highest BCUT2D eigenvalue weighted by Gasteiger charge is 2.21. The molecule has 332 valence electrons. The van der Waals surface area contributed by atoms with Gasteiger partial charge in [0.05, 0.1) is 12.1 Å². The van der Waals surface area contributed by atoms with Gasteiger partial charge in [-0.1, -0.05) is 83.5 Å². The zero-order valence-corrected chi connectivity index (χ0v) is 35.0. The number of nitrogens with two attached hydrogens (primary N) is 1. The Balaban J connectivity index is 3.81. The van der Waals surface area contributed by atoms with Gasteiger partial charge in [0, 0.05) is 45.3 Å². The molecule has 16 nitrogen and oxygen atoms in total. The molecular weight excluding hydrogens is 747 g/mol. The number of hydrogen-bond acceptors (Lipinski definition) is 9. The summed E-state index contributed by atoms with van der Waals surface area (Å²) in [5.74, 6) is -3.85. The van der Waals surface area contributed by atoms with Crippen LogP contribution in [0.15, 0.2) is 0 Å². The molecule has 3 atom stereocenters. The number of nitrogens with one attached hydrogen (secondary N) is 5. The molecule has 0 aliphatic rings. The monoisotopic (exact) mass is 823 g/mol. The minimum Gasteiger partial charge on any atom is -0.481 e.